The van der Waals surface area contributed by atoms with Crippen molar-refractivity contribution in [2.45, 2.75) is 107 Å². The molecule has 1 saturated carbocycles. The van der Waals surface area contributed by atoms with Gasteiger partial charge in [-0.25, -0.2) is 0 Å². The molecule has 0 radical (unpaired) electrons. The molecular weight excluding hydrogens is 408 g/mol. The summed E-state index contributed by atoms with van der Waals surface area (Å²) >= 11 is 1.59. The molecule has 1 fully saturated rings. The molecule has 0 saturated heterocycles. The molecule has 1 aliphatic rings. The molecule has 0 aromatic carbocycles. The zero-order valence-electron chi connectivity index (χ0n) is 22.3. The van der Waals surface area contributed by atoms with Gasteiger partial charge in [0.25, 0.3) is 0 Å². The number of anilines is 1. The molecule has 0 aliphatic heterocycles. The zero-order chi connectivity index (χ0) is 25.4. The largest absolute Gasteiger partial charge is 0.314 e. The second-order valence-electron chi connectivity index (χ2n) is 8.33. The monoisotopic (exact) mass is 456 g/mol. The first-order valence-corrected chi connectivity index (χ1v) is 12.8. The predicted molar refractivity (Wildman–Crippen MR) is 149 cm³/mol. The van der Waals surface area contributed by atoms with Crippen LogP contribution in [0.4, 0.5) is 5.69 Å². The van der Waals surface area contributed by atoms with Crippen molar-refractivity contribution >= 4 is 23.1 Å². The number of unbranched alkanes of at least 4 members (excludes halogenated alkanes) is 1. The Bertz CT molecular complexity index is 704. The van der Waals surface area contributed by atoms with E-state index in [-0.39, 0.29) is 5.41 Å². The van der Waals surface area contributed by atoms with Gasteiger partial charge < -0.3 is 5.32 Å². The van der Waals surface area contributed by atoms with Gasteiger partial charge in [0.2, 0.25) is 0 Å². The Morgan fingerprint density at radius 1 is 1.19 bits per heavy atom. The first-order chi connectivity index (χ1) is 15.2. The summed E-state index contributed by atoms with van der Waals surface area (Å²) in [6.45, 7) is 22.2. The molecule has 1 heterocycles. The van der Waals surface area contributed by atoms with E-state index in [9.17, 15) is 0 Å². The Labute approximate surface area is 204 Å². The SMILES string of the molecule is C#CNc1cc(C#CC(C)(C)C)sc1C=C.CC.CC#N.CC1CCCCC1.CCCC. The van der Waals surface area contributed by atoms with Crippen LogP contribution in [0.25, 0.3) is 6.08 Å². The molecule has 0 bridgehead atoms. The van der Waals surface area contributed by atoms with E-state index in [1.165, 1.54) is 51.9 Å². The van der Waals surface area contributed by atoms with Crippen molar-refractivity contribution in [3.63, 3.8) is 0 Å². The second-order valence-corrected chi connectivity index (χ2v) is 9.41. The number of hydrogen-bond acceptors (Lipinski definition) is 3. The summed E-state index contributed by atoms with van der Waals surface area (Å²) in [6, 6.07) is 6.11. The van der Waals surface area contributed by atoms with Crippen molar-refractivity contribution in [2.24, 2.45) is 11.3 Å². The van der Waals surface area contributed by atoms with Crippen LogP contribution in [-0.2, 0) is 0 Å². The maximum atomic E-state index is 7.32. The van der Waals surface area contributed by atoms with Gasteiger partial charge in [-0.1, -0.05) is 104 Å². The van der Waals surface area contributed by atoms with Gasteiger partial charge in [0, 0.05) is 18.4 Å². The fraction of sp³-hybridized carbons (Fsp3) is 0.621. The highest BCUT2D eigenvalue weighted by atomic mass is 32.1. The average molecular weight is 457 g/mol. The third kappa shape index (κ3) is 22.5. The van der Waals surface area contributed by atoms with E-state index in [1.807, 2.05) is 19.9 Å². The minimum Gasteiger partial charge on any atom is -0.314 e. The van der Waals surface area contributed by atoms with Gasteiger partial charge >= 0.3 is 0 Å². The Kier molecular flexibility index (Phi) is 25.3. The summed E-state index contributed by atoms with van der Waals surface area (Å²) in [6.07, 6.45) is 17.1. The summed E-state index contributed by atoms with van der Waals surface area (Å²) in [5, 5.41) is 10.2. The van der Waals surface area contributed by atoms with Crippen molar-refractivity contribution in [1.29, 1.82) is 5.26 Å². The number of nitriles is 1. The highest BCUT2D eigenvalue weighted by Crippen LogP contribution is 2.27. The maximum Gasteiger partial charge on any atom is 0.0796 e. The van der Waals surface area contributed by atoms with Crippen LogP contribution in [0.15, 0.2) is 12.6 Å². The molecule has 0 atom stereocenters. The summed E-state index contributed by atoms with van der Waals surface area (Å²) in [4.78, 5) is 2.03. The van der Waals surface area contributed by atoms with Crippen LogP contribution in [0.1, 0.15) is 117 Å². The highest BCUT2D eigenvalue weighted by Gasteiger charge is 2.07. The summed E-state index contributed by atoms with van der Waals surface area (Å²) < 4.78 is 0. The number of hydrogen-bond donors (Lipinski definition) is 1. The van der Waals surface area contributed by atoms with Gasteiger partial charge in [-0.3, -0.25) is 0 Å². The summed E-state index contributed by atoms with van der Waals surface area (Å²) in [5.41, 5.74) is 0.915. The lowest BCUT2D eigenvalue weighted by Crippen LogP contribution is -1.99. The summed E-state index contributed by atoms with van der Waals surface area (Å²) in [7, 11) is 0. The van der Waals surface area contributed by atoms with Gasteiger partial charge in [0.05, 0.1) is 21.5 Å². The molecule has 180 valence electrons. The van der Waals surface area contributed by atoms with Crippen LogP contribution in [0.5, 0.6) is 0 Å². The highest BCUT2D eigenvalue weighted by molar-refractivity contribution is 7.14. The first kappa shape index (κ1) is 34.5. The van der Waals surface area contributed by atoms with Gasteiger partial charge in [0.1, 0.15) is 0 Å². The Balaban J connectivity index is -0.000000432. The summed E-state index contributed by atoms with van der Waals surface area (Å²) in [5.74, 6) is 7.38. The molecule has 0 spiro atoms. The van der Waals surface area contributed by atoms with Crippen LogP contribution in [-0.4, -0.2) is 0 Å². The molecule has 1 aliphatic carbocycles. The lowest BCUT2D eigenvalue weighted by atomic mass is 9.91. The van der Waals surface area contributed by atoms with Crippen molar-refractivity contribution < 1.29 is 0 Å². The molecule has 2 nitrogen and oxygen atoms in total. The van der Waals surface area contributed by atoms with Crippen molar-refractivity contribution in [1.82, 2.24) is 0 Å². The molecule has 2 rings (SSSR count). The van der Waals surface area contributed by atoms with E-state index >= 15 is 0 Å². The van der Waals surface area contributed by atoms with Crippen LogP contribution in [0.2, 0.25) is 0 Å². The molecule has 32 heavy (non-hydrogen) atoms. The number of nitrogens with zero attached hydrogens (tertiary/aromatic N) is 1. The van der Waals surface area contributed by atoms with E-state index < -0.39 is 0 Å². The predicted octanol–water partition coefficient (Wildman–Crippen LogP) is 9.74. The minimum absolute atomic E-state index is 0.0119. The smallest absolute Gasteiger partial charge is 0.0796 e. The molecule has 1 aromatic rings. The molecule has 1 aromatic heterocycles. The van der Waals surface area contributed by atoms with Crippen molar-refractivity contribution in [2.75, 3.05) is 5.32 Å². The third-order valence-corrected chi connectivity index (χ3v) is 5.15. The van der Waals surface area contributed by atoms with Gasteiger partial charge in [-0.15, -0.1) is 11.3 Å². The van der Waals surface area contributed by atoms with E-state index in [0.29, 0.717) is 0 Å². The van der Waals surface area contributed by atoms with Gasteiger partial charge in [-0.2, -0.15) is 5.26 Å². The third-order valence-electron chi connectivity index (χ3n) is 4.11. The van der Waals surface area contributed by atoms with E-state index in [2.05, 4.69) is 71.3 Å². The van der Waals surface area contributed by atoms with Crippen LogP contribution in [0.3, 0.4) is 0 Å². The molecular formula is C29H48N2S. The normalized spacial score (nSPS) is 11.8. The fourth-order valence-electron chi connectivity index (χ4n) is 2.35. The topological polar surface area (TPSA) is 35.8 Å². The van der Waals surface area contributed by atoms with E-state index in [1.54, 1.807) is 23.5 Å². The number of terminal acetylenes is 1. The number of nitrogens with one attached hydrogen (secondary N) is 1. The van der Waals surface area contributed by atoms with E-state index in [4.69, 9.17) is 11.7 Å². The quantitative estimate of drug-likeness (QED) is 0.363. The standard InChI is InChI=1S/C14H15NS.C7H14.C4H10.C2H3N.C2H6/c1-6-13-12(15-7-2)10-11(16-13)8-9-14(3,4)5;1-7-5-3-2-4-6-7;1-3-4-2;1-2-3;1-2/h2,6,10,15H,1H2,3-5H3;7H,2-6H2,1H3;3-4H2,1-2H3;1H3;1-2H3. The van der Waals surface area contributed by atoms with E-state index in [0.717, 1.165) is 21.4 Å². The number of rotatable bonds is 3. The molecule has 0 unspecified atom stereocenters. The number of thiophene rings is 1. The Hall–Kier alpha value is -2.15. The van der Waals surface area contributed by atoms with Crippen LogP contribution in [0, 0.1) is 47.0 Å². The van der Waals surface area contributed by atoms with Crippen LogP contribution >= 0.6 is 11.3 Å². The molecule has 0 amide bonds. The van der Waals surface area contributed by atoms with Crippen molar-refractivity contribution in [3.05, 3.63) is 22.4 Å². The Morgan fingerprint density at radius 2 is 1.69 bits per heavy atom. The zero-order valence-corrected chi connectivity index (χ0v) is 23.1. The fourth-order valence-corrected chi connectivity index (χ4v) is 3.17. The van der Waals surface area contributed by atoms with Crippen LogP contribution < -0.4 is 5.32 Å². The lowest BCUT2D eigenvalue weighted by molar-refractivity contribution is 0.385. The van der Waals surface area contributed by atoms with Gasteiger partial charge in [-0.05, 0) is 38.8 Å². The average Bonchev–Trinajstić information content (AvgIpc) is 3.17. The maximum absolute atomic E-state index is 7.32. The molecule has 1 N–H and O–H groups in total. The van der Waals surface area contributed by atoms with Crippen molar-refractivity contribution in [3.8, 4) is 30.4 Å². The minimum atomic E-state index is 0.0119. The first-order valence-electron chi connectivity index (χ1n) is 12.0. The lowest BCUT2D eigenvalue weighted by Gasteiger charge is -2.15. The van der Waals surface area contributed by atoms with Gasteiger partial charge in [0.15, 0.2) is 0 Å². The second kappa shape index (κ2) is 23.5. The Morgan fingerprint density at radius 3 is 2.00 bits per heavy atom. The molecule has 3 heteroatoms.